The first kappa shape index (κ1) is 13.3. The largest absolute Gasteiger partial charge is 0.508 e. The van der Waals surface area contributed by atoms with Gasteiger partial charge in [0.25, 0.3) is 0 Å². The molecule has 5 nitrogen and oxygen atoms in total. The fraction of sp³-hybridized carbons (Fsp3) is 0.909. The standard InChI is InChI=1S/C11H22N2O3/c1-3-13-7-4-10(5-8-13)16-11(14)15-9-6-12-2/h10,12H,3-9H2,1-2H3. The van der Waals surface area contributed by atoms with Gasteiger partial charge < -0.3 is 19.7 Å². The van der Waals surface area contributed by atoms with E-state index in [-0.39, 0.29) is 6.10 Å². The van der Waals surface area contributed by atoms with Crippen LogP contribution in [0.3, 0.4) is 0 Å². The second-order valence-electron chi connectivity index (χ2n) is 3.95. The summed E-state index contributed by atoms with van der Waals surface area (Å²) < 4.78 is 10.1. The quantitative estimate of drug-likeness (QED) is 0.560. The van der Waals surface area contributed by atoms with Crippen molar-refractivity contribution in [2.75, 3.05) is 39.8 Å². The molecule has 1 fully saturated rings. The zero-order chi connectivity index (χ0) is 11.8. The molecule has 0 aromatic carbocycles. The lowest BCUT2D eigenvalue weighted by Crippen LogP contribution is -2.37. The highest BCUT2D eigenvalue weighted by atomic mass is 16.7. The number of carbonyl (C=O) groups excluding carboxylic acids is 1. The van der Waals surface area contributed by atoms with E-state index in [9.17, 15) is 4.79 Å². The van der Waals surface area contributed by atoms with Crippen molar-refractivity contribution >= 4 is 6.16 Å². The summed E-state index contributed by atoms with van der Waals surface area (Å²) in [6.45, 7) is 6.25. The second-order valence-corrected chi connectivity index (χ2v) is 3.95. The molecule has 0 aromatic heterocycles. The number of ether oxygens (including phenoxy) is 2. The monoisotopic (exact) mass is 230 g/mol. The molecule has 16 heavy (non-hydrogen) atoms. The summed E-state index contributed by atoms with van der Waals surface area (Å²) in [4.78, 5) is 13.6. The molecule has 0 radical (unpaired) electrons. The molecule has 0 spiro atoms. The van der Waals surface area contributed by atoms with Crippen LogP contribution in [0.5, 0.6) is 0 Å². The molecule has 5 heteroatoms. The Morgan fingerprint density at radius 2 is 2.12 bits per heavy atom. The lowest BCUT2D eigenvalue weighted by molar-refractivity contribution is 0.00119. The molecule has 1 rings (SSSR count). The average molecular weight is 230 g/mol. The van der Waals surface area contributed by atoms with Crippen LogP contribution in [-0.4, -0.2) is 57.0 Å². The number of nitrogens with one attached hydrogen (secondary N) is 1. The van der Waals surface area contributed by atoms with Gasteiger partial charge in [0.05, 0.1) is 0 Å². The van der Waals surface area contributed by atoms with Gasteiger partial charge in [-0.3, -0.25) is 0 Å². The number of carbonyl (C=O) groups is 1. The van der Waals surface area contributed by atoms with E-state index in [1.807, 2.05) is 7.05 Å². The third-order valence-electron chi connectivity index (χ3n) is 2.82. The summed E-state index contributed by atoms with van der Waals surface area (Å²) in [6, 6.07) is 0. The predicted molar refractivity (Wildman–Crippen MR) is 61.5 cm³/mol. The van der Waals surface area contributed by atoms with Gasteiger partial charge in [-0.1, -0.05) is 6.92 Å². The van der Waals surface area contributed by atoms with Crippen molar-refractivity contribution < 1.29 is 14.3 Å². The van der Waals surface area contributed by atoms with Crippen LogP contribution < -0.4 is 5.32 Å². The Bertz CT molecular complexity index is 203. The number of rotatable bonds is 5. The molecule has 1 N–H and O–H groups in total. The molecule has 94 valence electrons. The van der Waals surface area contributed by atoms with Gasteiger partial charge in [-0.15, -0.1) is 0 Å². The van der Waals surface area contributed by atoms with Crippen LogP contribution in [0.25, 0.3) is 0 Å². The van der Waals surface area contributed by atoms with Crippen molar-refractivity contribution in [3.8, 4) is 0 Å². The van der Waals surface area contributed by atoms with E-state index in [1.54, 1.807) is 0 Å². The maximum Gasteiger partial charge on any atom is 0.508 e. The van der Waals surface area contributed by atoms with Gasteiger partial charge in [-0.05, 0) is 26.4 Å². The minimum absolute atomic E-state index is 0.0323. The Kier molecular flexibility index (Phi) is 6.18. The normalized spacial score (nSPS) is 18.4. The lowest BCUT2D eigenvalue weighted by Gasteiger charge is -2.30. The molecule has 1 heterocycles. The summed E-state index contributed by atoms with van der Waals surface area (Å²) >= 11 is 0. The molecule has 0 aromatic rings. The van der Waals surface area contributed by atoms with Crippen LogP contribution >= 0.6 is 0 Å². The Balaban J connectivity index is 2.10. The Morgan fingerprint density at radius 1 is 1.44 bits per heavy atom. The molecule has 0 aliphatic carbocycles. The van der Waals surface area contributed by atoms with Crippen molar-refractivity contribution in [2.24, 2.45) is 0 Å². The van der Waals surface area contributed by atoms with E-state index in [0.717, 1.165) is 32.5 Å². The lowest BCUT2D eigenvalue weighted by atomic mass is 10.1. The topological polar surface area (TPSA) is 50.8 Å². The van der Waals surface area contributed by atoms with Gasteiger partial charge in [-0.2, -0.15) is 0 Å². The number of nitrogens with zero attached hydrogens (tertiary/aromatic N) is 1. The van der Waals surface area contributed by atoms with Crippen molar-refractivity contribution in [2.45, 2.75) is 25.9 Å². The molecule has 1 aliphatic heterocycles. The summed E-state index contributed by atoms with van der Waals surface area (Å²) in [7, 11) is 1.81. The summed E-state index contributed by atoms with van der Waals surface area (Å²) in [6.07, 6.45) is 1.32. The zero-order valence-electron chi connectivity index (χ0n) is 10.2. The van der Waals surface area contributed by atoms with Gasteiger partial charge in [-0.25, -0.2) is 4.79 Å². The Labute approximate surface area is 97.1 Å². The second kappa shape index (κ2) is 7.46. The smallest absolute Gasteiger partial charge is 0.433 e. The summed E-state index contributed by atoms with van der Waals surface area (Å²) in [5, 5.41) is 2.90. The molecule has 1 saturated heterocycles. The van der Waals surface area contributed by atoms with E-state index >= 15 is 0 Å². The number of likely N-dealkylation sites (N-methyl/N-ethyl adjacent to an activating group) is 1. The van der Waals surface area contributed by atoms with E-state index in [4.69, 9.17) is 9.47 Å². The average Bonchev–Trinajstić information content (AvgIpc) is 2.30. The van der Waals surface area contributed by atoms with Gasteiger partial charge in [0.15, 0.2) is 0 Å². The first-order chi connectivity index (χ1) is 7.76. The van der Waals surface area contributed by atoms with E-state index in [2.05, 4.69) is 17.1 Å². The minimum atomic E-state index is -0.537. The summed E-state index contributed by atoms with van der Waals surface area (Å²) in [5.74, 6) is 0. The fourth-order valence-corrected chi connectivity index (χ4v) is 1.75. The van der Waals surface area contributed by atoms with Gasteiger partial charge in [0.1, 0.15) is 12.7 Å². The van der Waals surface area contributed by atoms with Crippen molar-refractivity contribution in [3.63, 3.8) is 0 Å². The van der Waals surface area contributed by atoms with Crippen LogP contribution in [0.2, 0.25) is 0 Å². The van der Waals surface area contributed by atoms with Crippen molar-refractivity contribution in [1.29, 1.82) is 0 Å². The molecular formula is C11H22N2O3. The number of hydrogen-bond donors (Lipinski definition) is 1. The minimum Gasteiger partial charge on any atom is -0.433 e. The molecule has 0 bridgehead atoms. The molecule has 0 amide bonds. The molecular weight excluding hydrogens is 208 g/mol. The molecule has 1 aliphatic rings. The molecule has 0 atom stereocenters. The fourth-order valence-electron chi connectivity index (χ4n) is 1.75. The maximum absolute atomic E-state index is 11.3. The number of piperidine rings is 1. The maximum atomic E-state index is 11.3. The van der Waals surface area contributed by atoms with Crippen LogP contribution in [0.15, 0.2) is 0 Å². The number of likely N-dealkylation sites (tertiary alicyclic amines) is 1. The van der Waals surface area contributed by atoms with E-state index in [0.29, 0.717) is 13.2 Å². The van der Waals surface area contributed by atoms with Crippen LogP contribution in [-0.2, 0) is 9.47 Å². The van der Waals surface area contributed by atoms with Crippen molar-refractivity contribution in [1.82, 2.24) is 10.2 Å². The van der Waals surface area contributed by atoms with Crippen LogP contribution in [0.1, 0.15) is 19.8 Å². The highest BCUT2D eigenvalue weighted by molar-refractivity contribution is 5.60. The van der Waals surface area contributed by atoms with E-state index < -0.39 is 6.16 Å². The van der Waals surface area contributed by atoms with Gasteiger partial charge in [0, 0.05) is 19.6 Å². The predicted octanol–water partition coefficient (Wildman–Crippen LogP) is 0.843. The Hall–Kier alpha value is -0.810. The third-order valence-corrected chi connectivity index (χ3v) is 2.82. The third kappa shape index (κ3) is 4.81. The highest BCUT2D eigenvalue weighted by Crippen LogP contribution is 2.13. The SMILES string of the molecule is CCN1CCC(OC(=O)OCCNC)CC1. The van der Waals surface area contributed by atoms with Crippen molar-refractivity contribution in [3.05, 3.63) is 0 Å². The van der Waals surface area contributed by atoms with Crippen LogP contribution in [0, 0.1) is 0 Å². The van der Waals surface area contributed by atoms with Gasteiger partial charge in [0.2, 0.25) is 0 Å². The van der Waals surface area contributed by atoms with E-state index in [1.165, 1.54) is 0 Å². The van der Waals surface area contributed by atoms with Gasteiger partial charge >= 0.3 is 6.16 Å². The first-order valence-corrected chi connectivity index (χ1v) is 5.96. The van der Waals surface area contributed by atoms with Crippen LogP contribution in [0.4, 0.5) is 4.79 Å². The molecule has 0 saturated carbocycles. The summed E-state index contributed by atoms with van der Waals surface area (Å²) in [5.41, 5.74) is 0. The Morgan fingerprint density at radius 3 is 2.69 bits per heavy atom. The first-order valence-electron chi connectivity index (χ1n) is 5.96. The highest BCUT2D eigenvalue weighted by Gasteiger charge is 2.21. The zero-order valence-corrected chi connectivity index (χ0v) is 10.2. The number of hydrogen-bond acceptors (Lipinski definition) is 5. The molecule has 0 unspecified atom stereocenters.